The van der Waals surface area contributed by atoms with Crippen LogP contribution in [0.1, 0.15) is 13.3 Å². The summed E-state index contributed by atoms with van der Waals surface area (Å²) in [5.74, 6) is 0. The average molecular weight is 146 g/mol. The van der Waals surface area contributed by atoms with E-state index in [1.54, 1.807) is 0 Å². The van der Waals surface area contributed by atoms with Crippen LogP contribution in [0.15, 0.2) is 0 Å². The maximum Gasteiger partial charge on any atom is 0.161 e. The SMILES string of the molecule is CCC[SiH2]OCC1CO1. The molecular weight excluding hydrogens is 132 g/mol. The first-order chi connectivity index (χ1) is 4.43. The van der Waals surface area contributed by atoms with Gasteiger partial charge in [-0.1, -0.05) is 13.3 Å². The van der Waals surface area contributed by atoms with Crippen molar-refractivity contribution in [2.45, 2.75) is 25.5 Å². The molecule has 0 amide bonds. The van der Waals surface area contributed by atoms with Crippen molar-refractivity contribution in [1.82, 2.24) is 0 Å². The lowest BCUT2D eigenvalue weighted by atomic mass is 10.5. The van der Waals surface area contributed by atoms with Crippen LogP contribution in [0, 0.1) is 0 Å². The van der Waals surface area contributed by atoms with Crippen LogP contribution in [0.3, 0.4) is 0 Å². The highest BCUT2D eigenvalue weighted by Gasteiger charge is 2.21. The lowest BCUT2D eigenvalue weighted by Gasteiger charge is -1.97. The fourth-order valence-electron chi connectivity index (χ4n) is 0.625. The smallest absolute Gasteiger partial charge is 0.161 e. The minimum atomic E-state index is -0.172. The maximum atomic E-state index is 5.41. The van der Waals surface area contributed by atoms with Gasteiger partial charge in [-0.2, -0.15) is 0 Å². The summed E-state index contributed by atoms with van der Waals surface area (Å²) in [5.41, 5.74) is 0. The van der Waals surface area contributed by atoms with E-state index in [2.05, 4.69) is 6.92 Å². The molecule has 1 rings (SSSR count). The van der Waals surface area contributed by atoms with Crippen LogP contribution in [-0.4, -0.2) is 29.1 Å². The lowest BCUT2D eigenvalue weighted by Crippen LogP contribution is -2.04. The van der Waals surface area contributed by atoms with E-state index < -0.39 is 0 Å². The van der Waals surface area contributed by atoms with Crippen LogP contribution in [-0.2, 0) is 9.16 Å². The van der Waals surface area contributed by atoms with E-state index >= 15 is 0 Å². The van der Waals surface area contributed by atoms with Crippen LogP contribution >= 0.6 is 0 Å². The van der Waals surface area contributed by atoms with Crippen molar-refractivity contribution in [3.05, 3.63) is 0 Å². The van der Waals surface area contributed by atoms with Crippen LogP contribution in [0.25, 0.3) is 0 Å². The summed E-state index contributed by atoms with van der Waals surface area (Å²) in [6, 6.07) is 1.31. The van der Waals surface area contributed by atoms with E-state index in [1.807, 2.05) is 0 Å². The van der Waals surface area contributed by atoms with Crippen molar-refractivity contribution in [3.63, 3.8) is 0 Å². The summed E-state index contributed by atoms with van der Waals surface area (Å²) in [7, 11) is -0.172. The summed E-state index contributed by atoms with van der Waals surface area (Å²) in [6.07, 6.45) is 1.74. The Hall–Kier alpha value is 0.137. The highest BCUT2D eigenvalue weighted by molar-refractivity contribution is 6.26. The molecule has 54 valence electrons. The highest BCUT2D eigenvalue weighted by Crippen LogP contribution is 2.08. The predicted molar refractivity (Wildman–Crippen MR) is 39.3 cm³/mol. The molecule has 1 fully saturated rings. The molecule has 0 N–H and O–H groups in total. The molecule has 0 aromatic rings. The third-order valence-corrected chi connectivity index (χ3v) is 2.87. The molecule has 1 heterocycles. The first kappa shape index (κ1) is 7.25. The monoisotopic (exact) mass is 146 g/mol. The van der Waals surface area contributed by atoms with Gasteiger partial charge in [-0.05, 0) is 6.04 Å². The molecule has 0 aromatic carbocycles. The average Bonchev–Trinajstić information content (AvgIpc) is 2.63. The minimum Gasteiger partial charge on any atom is -0.421 e. The van der Waals surface area contributed by atoms with Crippen LogP contribution < -0.4 is 0 Å². The molecule has 2 nitrogen and oxygen atoms in total. The molecule has 0 radical (unpaired) electrons. The molecule has 1 unspecified atom stereocenters. The summed E-state index contributed by atoms with van der Waals surface area (Å²) in [6.45, 7) is 4.00. The Balaban J connectivity index is 1.71. The normalized spacial score (nSPS) is 25.7. The van der Waals surface area contributed by atoms with E-state index in [-0.39, 0.29) is 9.76 Å². The zero-order valence-corrected chi connectivity index (χ0v) is 7.34. The summed E-state index contributed by atoms with van der Waals surface area (Å²) < 4.78 is 10.4. The second-order valence-electron chi connectivity index (χ2n) is 2.38. The van der Waals surface area contributed by atoms with Gasteiger partial charge in [-0.3, -0.25) is 0 Å². The molecule has 0 aromatic heterocycles. The molecule has 1 aliphatic heterocycles. The Labute approximate surface area is 58.5 Å². The molecule has 0 bridgehead atoms. The second kappa shape index (κ2) is 4.03. The quantitative estimate of drug-likeness (QED) is 0.316. The largest absolute Gasteiger partial charge is 0.421 e. The third-order valence-electron chi connectivity index (χ3n) is 1.35. The van der Waals surface area contributed by atoms with Crippen LogP contribution in [0.2, 0.25) is 6.04 Å². The number of hydrogen-bond donors (Lipinski definition) is 0. The number of epoxide rings is 1. The van der Waals surface area contributed by atoms with Crippen molar-refractivity contribution < 1.29 is 9.16 Å². The van der Waals surface area contributed by atoms with E-state index in [4.69, 9.17) is 9.16 Å². The first-order valence-corrected chi connectivity index (χ1v) is 5.20. The van der Waals surface area contributed by atoms with Crippen molar-refractivity contribution in [2.24, 2.45) is 0 Å². The Bertz CT molecular complexity index is 73.5. The Morgan fingerprint density at radius 2 is 2.56 bits per heavy atom. The molecule has 1 aliphatic rings. The molecule has 1 saturated heterocycles. The van der Waals surface area contributed by atoms with Crippen LogP contribution in [0.5, 0.6) is 0 Å². The zero-order valence-electron chi connectivity index (χ0n) is 5.93. The second-order valence-corrected chi connectivity index (χ2v) is 3.91. The Kier molecular flexibility index (Phi) is 3.25. The van der Waals surface area contributed by atoms with Gasteiger partial charge in [0, 0.05) is 0 Å². The highest BCUT2D eigenvalue weighted by atomic mass is 28.2. The van der Waals surface area contributed by atoms with Gasteiger partial charge in [0.1, 0.15) is 6.10 Å². The van der Waals surface area contributed by atoms with E-state index in [9.17, 15) is 0 Å². The van der Waals surface area contributed by atoms with Gasteiger partial charge < -0.3 is 9.16 Å². The van der Waals surface area contributed by atoms with Crippen molar-refractivity contribution in [3.8, 4) is 0 Å². The molecule has 1 atom stereocenters. The summed E-state index contributed by atoms with van der Waals surface area (Å²) >= 11 is 0. The first-order valence-electron chi connectivity index (χ1n) is 3.63. The van der Waals surface area contributed by atoms with Gasteiger partial charge in [0.25, 0.3) is 0 Å². The summed E-state index contributed by atoms with van der Waals surface area (Å²) in [4.78, 5) is 0. The zero-order chi connectivity index (χ0) is 6.53. The van der Waals surface area contributed by atoms with Gasteiger partial charge in [-0.25, -0.2) is 0 Å². The molecule has 0 aliphatic carbocycles. The minimum absolute atomic E-state index is 0.172. The van der Waals surface area contributed by atoms with Gasteiger partial charge in [-0.15, -0.1) is 0 Å². The van der Waals surface area contributed by atoms with Gasteiger partial charge in [0.05, 0.1) is 13.2 Å². The maximum absolute atomic E-state index is 5.41. The lowest BCUT2D eigenvalue weighted by molar-refractivity contribution is 0.273. The fourth-order valence-corrected chi connectivity index (χ4v) is 1.55. The summed E-state index contributed by atoms with van der Waals surface area (Å²) in [5, 5.41) is 0. The molecular formula is C6H14O2Si. The number of hydrogen-bond acceptors (Lipinski definition) is 2. The van der Waals surface area contributed by atoms with Crippen molar-refractivity contribution >= 4 is 9.76 Å². The van der Waals surface area contributed by atoms with Gasteiger partial charge in [0.2, 0.25) is 0 Å². The predicted octanol–water partition coefficient (Wildman–Crippen LogP) is 0.314. The van der Waals surface area contributed by atoms with Gasteiger partial charge in [0.15, 0.2) is 9.76 Å². The molecule has 9 heavy (non-hydrogen) atoms. The fraction of sp³-hybridized carbons (Fsp3) is 1.00. The van der Waals surface area contributed by atoms with Crippen molar-refractivity contribution in [2.75, 3.05) is 13.2 Å². The topological polar surface area (TPSA) is 21.8 Å². The molecule has 0 spiro atoms. The number of ether oxygens (including phenoxy) is 1. The Morgan fingerprint density at radius 1 is 1.78 bits per heavy atom. The van der Waals surface area contributed by atoms with E-state index in [0.29, 0.717) is 6.10 Å². The third kappa shape index (κ3) is 3.67. The number of rotatable bonds is 5. The van der Waals surface area contributed by atoms with E-state index in [1.165, 1.54) is 12.5 Å². The molecule has 0 saturated carbocycles. The Morgan fingerprint density at radius 3 is 3.11 bits per heavy atom. The van der Waals surface area contributed by atoms with Crippen LogP contribution in [0.4, 0.5) is 0 Å². The van der Waals surface area contributed by atoms with E-state index in [0.717, 1.165) is 13.2 Å². The molecule has 3 heteroatoms. The van der Waals surface area contributed by atoms with Gasteiger partial charge >= 0.3 is 0 Å². The standard InChI is InChI=1S/C6H14O2Si/c1-2-3-9-8-5-6-4-7-6/h6H,2-5,9H2,1H3. The van der Waals surface area contributed by atoms with Crippen molar-refractivity contribution in [1.29, 1.82) is 0 Å².